The third kappa shape index (κ3) is 5.40. The second-order valence-electron chi connectivity index (χ2n) is 6.31. The summed E-state index contributed by atoms with van der Waals surface area (Å²) in [4.78, 5) is 21.5. The van der Waals surface area contributed by atoms with Crippen LogP contribution in [0.1, 0.15) is 31.5 Å². The Balaban J connectivity index is 1.68. The zero-order chi connectivity index (χ0) is 20.8. The molecule has 1 N–H and O–H groups in total. The third-order valence-electron chi connectivity index (χ3n) is 4.08. The van der Waals surface area contributed by atoms with Crippen molar-refractivity contribution in [1.29, 1.82) is 5.26 Å². The van der Waals surface area contributed by atoms with Crippen molar-refractivity contribution in [3.8, 4) is 17.3 Å². The lowest BCUT2D eigenvalue weighted by Gasteiger charge is -2.12. The van der Waals surface area contributed by atoms with Crippen molar-refractivity contribution in [2.24, 2.45) is 0 Å². The van der Waals surface area contributed by atoms with E-state index in [9.17, 15) is 14.4 Å². The lowest BCUT2D eigenvalue weighted by atomic mass is 10.2. The first-order valence-corrected chi connectivity index (χ1v) is 10.8. The van der Waals surface area contributed by atoms with Gasteiger partial charge in [0.1, 0.15) is 16.9 Å². The van der Waals surface area contributed by atoms with Gasteiger partial charge < -0.3 is 5.32 Å². The van der Waals surface area contributed by atoms with Crippen molar-refractivity contribution >= 4 is 34.1 Å². The quantitative estimate of drug-likeness (QED) is 0.520. The number of aryl methyl sites for hydroxylation is 1. The molecule has 1 unspecified atom stereocenters. The first kappa shape index (κ1) is 21.0. The number of nitriles is 1. The van der Waals surface area contributed by atoms with Crippen LogP contribution in [0.15, 0.2) is 46.8 Å². The van der Waals surface area contributed by atoms with E-state index in [1.807, 2.05) is 11.4 Å². The minimum absolute atomic E-state index is 0.221. The number of nitrogens with zero attached hydrogens (tertiary/aromatic N) is 3. The van der Waals surface area contributed by atoms with Gasteiger partial charge >= 0.3 is 0 Å². The Hall–Kier alpha value is -2.76. The molecule has 0 spiro atoms. The number of carbonyl (C=O) groups excluding carboxylic acids is 1. The second-order valence-corrected chi connectivity index (χ2v) is 8.50. The Morgan fingerprint density at radius 1 is 1.28 bits per heavy atom. The van der Waals surface area contributed by atoms with Crippen molar-refractivity contribution in [2.45, 2.75) is 37.0 Å². The van der Waals surface area contributed by atoms with Gasteiger partial charge in [0.2, 0.25) is 5.91 Å². The van der Waals surface area contributed by atoms with Gasteiger partial charge in [0.25, 0.3) is 0 Å². The molecule has 3 aromatic rings. The molecule has 0 aliphatic rings. The van der Waals surface area contributed by atoms with Gasteiger partial charge in [-0.15, -0.1) is 11.3 Å². The van der Waals surface area contributed by atoms with Crippen LogP contribution in [0.5, 0.6) is 0 Å². The van der Waals surface area contributed by atoms with E-state index in [1.54, 1.807) is 25.1 Å². The zero-order valence-corrected chi connectivity index (χ0v) is 17.6. The lowest BCUT2D eigenvalue weighted by molar-refractivity contribution is -0.115. The predicted molar refractivity (Wildman–Crippen MR) is 114 cm³/mol. The fourth-order valence-electron chi connectivity index (χ4n) is 2.56. The van der Waals surface area contributed by atoms with Crippen LogP contribution in [0, 0.1) is 17.1 Å². The average Bonchev–Trinajstić information content (AvgIpc) is 3.17. The van der Waals surface area contributed by atoms with E-state index in [-0.39, 0.29) is 11.7 Å². The number of benzene rings is 1. The number of thiazole rings is 1. The number of halogens is 1. The molecule has 0 aliphatic heterocycles. The standard InChI is InChI=1S/C21H19FN4OS2/c1-3-4-17-10-7-15(11-23)20(24-17)29-13(2)19(27)26-21-25-18(12-28-21)14-5-8-16(22)9-6-14/h5-10,12-13H,3-4H2,1-2H3,(H,25,26,27). The Morgan fingerprint density at radius 2 is 2.03 bits per heavy atom. The van der Waals surface area contributed by atoms with E-state index in [0.29, 0.717) is 21.4 Å². The van der Waals surface area contributed by atoms with Gasteiger partial charge in [0.05, 0.1) is 16.5 Å². The molecule has 0 saturated heterocycles. The molecule has 0 fully saturated rings. The van der Waals surface area contributed by atoms with Gasteiger partial charge in [0.15, 0.2) is 5.13 Å². The van der Waals surface area contributed by atoms with E-state index < -0.39 is 5.25 Å². The van der Waals surface area contributed by atoms with Crippen LogP contribution >= 0.6 is 23.1 Å². The maximum atomic E-state index is 13.1. The number of anilines is 1. The van der Waals surface area contributed by atoms with Gasteiger partial charge in [-0.3, -0.25) is 4.79 Å². The number of thioether (sulfide) groups is 1. The van der Waals surface area contributed by atoms with Gasteiger partial charge in [-0.25, -0.2) is 14.4 Å². The van der Waals surface area contributed by atoms with Crippen LogP contribution in [-0.4, -0.2) is 21.1 Å². The van der Waals surface area contributed by atoms with Crippen LogP contribution in [-0.2, 0) is 11.2 Å². The number of rotatable bonds is 7. The molecule has 5 nitrogen and oxygen atoms in total. The molecule has 8 heteroatoms. The highest BCUT2D eigenvalue weighted by Gasteiger charge is 2.19. The number of amides is 1. The lowest BCUT2D eigenvalue weighted by Crippen LogP contribution is -2.22. The van der Waals surface area contributed by atoms with Crippen LogP contribution in [0.4, 0.5) is 9.52 Å². The van der Waals surface area contributed by atoms with E-state index in [4.69, 9.17) is 0 Å². The molecule has 0 radical (unpaired) electrons. The molecule has 0 aliphatic carbocycles. The number of hydrogen-bond donors (Lipinski definition) is 1. The molecule has 1 atom stereocenters. The SMILES string of the molecule is CCCc1ccc(C#N)c(SC(C)C(=O)Nc2nc(-c3ccc(F)cc3)cs2)n1. The third-order valence-corrected chi connectivity index (χ3v) is 5.94. The average molecular weight is 427 g/mol. The first-order chi connectivity index (χ1) is 14.0. The second kappa shape index (κ2) is 9.63. The molecule has 2 heterocycles. The summed E-state index contributed by atoms with van der Waals surface area (Å²) in [5.74, 6) is -0.529. The summed E-state index contributed by atoms with van der Waals surface area (Å²) < 4.78 is 13.1. The summed E-state index contributed by atoms with van der Waals surface area (Å²) >= 11 is 2.56. The molecule has 148 valence electrons. The Morgan fingerprint density at radius 3 is 2.72 bits per heavy atom. The number of aromatic nitrogens is 2. The van der Waals surface area contributed by atoms with Crippen LogP contribution in [0.25, 0.3) is 11.3 Å². The minimum Gasteiger partial charge on any atom is -0.301 e. The van der Waals surface area contributed by atoms with E-state index in [2.05, 4.69) is 28.3 Å². The molecule has 29 heavy (non-hydrogen) atoms. The maximum absolute atomic E-state index is 13.1. The maximum Gasteiger partial charge on any atom is 0.239 e. The first-order valence-electron chi connectivity index (χ1n) is 9.09. The summed E-state index contributed by atoms with van der Waals surface area (Å²) in [5.41, 5.74) is 2.82. The Bertz CT molecular complexity index is 1040. The van der Waals surface area contributed by atoms with Crippen LogP contribution in [0.3, 0.4) is 0 Å². The Kier molecular flexibility index (Phi) is 6.96. The van der Waals surface area contributed by atoms with Crippen molar-refractivity contribution in [3.63, 3.8) is 0 Å². The molecular formula is C21H19FN4OS2. The fourth-order valence-corrected chi connectivity index (χ4v) is 4.20. The molecule has 2 aromatic heterocycles. The number of pyridine rings is 1. The highest BCUT2D eigenvalue weighted by atomic mass is 32.2. The van der Waals surface area contributed by atoms with E-state index in [1.165, 1.54) is 35.2 Å². The summed E-state index contributed by atoms with van der Waals surface area (Å²) in [5, 5.41) is 14.5. The zero-order valence-electron chi connectivity index (χ0n) is 16.0. The number of hydrogen-bond acceptors (Lipinski definition) is 6. The molecule has 3 rings (SSSR count). The predicted octanol–water partition coefficient (Wildman–Crippen LogP) is 5.29. The highest BCUT2D eigenvalue weighted by molar-refractivity contribution is 8.00. The van der Waals surface area contributed by atoms with Gasteiger partial charge in [-0.1, -0.05) is 25.1 Å². The van der Waals surface area contributed by atoms with Crippen molar-refractivity contribution in [1.82, 2.24) is 9.97 Å². The minimum atomic E-state index is -0.454. The van der Waals surface area contributed by atoms with Gasteiger partial charge in [0, 0.05) is 16.6 Å². The Labute approximate surface area is 177 Å². The molecule has 0 saturated carbocycles. The van der Waals surface area contributed by atoms with Gasteiger partial charge in [-0.2, -0.15) is 5.26 Å². The summed E-state index contributed by atoms with van der Waals surface area (Å²) in [7, 11) is 0. The van der Waals surface area contributed by atoms with Crippen LogP contribution < -0.4 is 5.32 Å². The normalized spacial score (nSPS) is 11.7. The highest BCUT2D eigenvalue weighted by Crippen LogP contribution is 2.28. The van der Waals surface area contributed by atoms with Crippen molar-refractivity contribution in [3.05, 3.63) is 58.9 Å². The largest absolute Gasteiger partial charge is 0.301 e. The molecular weight excluding hydrogens is 407 g/mol. The van der Waals surface area contributed by atoms with Crippen molar-refractivity contribution in [2.75, 3.05) is 5.32 Å². The topological polar surface area (TPSA) is 78.7 Å². The summed E-state index contributed by atoms with van der Waals surface area (Å²) in [6.07, 6.45) is 1.78. The number of nitrogens with one attached hydrogen (secondary N) is 1. The molecule has 0 bridgehead atoms. The smallest absolute Gasteiger partial charge is 0.239 e. The number of carbonyl (C=O) groups is 1. The molecule has 1 aromatic carbocycles. The van der Waals surface area contributed by atoms with Gasteiger partial charge in [-0.05, 0) is 49.7 Å². The van der Waals surface area contributed by atoms with E-state index in [0.717, 1.165) is 24.1 Å². The summed E-state index contributed by atoms with van der Waals surface area (Å²) in [6.45, 7) is 3.83. The van der Waals surface area contributed by atoms with E-state index >= 15 is 0 Å². The molecule has 1 amide bonds. The monoisotopic (exact) mass is 426 g/mol. The van der Waals surface area contributed by atoms with Crippen molar-refractivity contribution < 1.29 is 9.18 Å². The van der Waals surface area contributed by atoms with Crippen LogP contribution in [0.2, 0.25) is 0 Å². The fraction of sp³-hybridized carbons (Fsp3) is 0.238. The summed E-state index contributed by atoms with van der Waals surface area (Å²) in [6, 6.07) is 11.8.